The molecule has 0 aliphatic carbocycles. The second-order valence-corrected chi connectivity index (χ2v) is 5.17. The first kappa shape index (κ1) is 14.9. The molecule has 4 nitrogen and oxygen atoms in total. The third-order valence-electron chi connectivity index (χ3n) is 2.84. The molecule has 1 aromatic heterocycles. The number of hydrogen-bond donors (Lipinski definition) is 1. The van der Waals surface area contributed by atoms with E-state index in [1.807, 2.05) is 62.4 Å². The summed E-state index contributed by atoms with van der Waals surface area (Å²) in [5, 5.41) is 4.27. The predicted molar refractivity (Wildman–Crippen MR) is 83.9 cm³/mol. The lowest BCUT2D eigenvalue weighted by Gasteiger charge is -2.08. The molecule has 21 heavy (non-hydrogen) atoms. The van der Waals surface area contributed by atoms with Gasteiger partial charge in [0.15, 0.2) is 0 Å². The minimum absolute atomic E-state index is 0.0886. The summed E-state index contributed by atoms with van der Waals surface area (Å²) >= 11 is 0. The van der Waals surface area contributed by atoms with Gasteiger partial charge in [-0.15, -0.1) is 0 Å². The Morgan fingerprint density at radius 1 is 1.14 bits per heavy atom. The minimum Gasteiger partial charge on any atom is -0.273 e. The van der Waals surface area contributed by atoms with E-state index in [1.165, 1.54) is 0 Å². The molecule has 0 spiro atoms. The summed E-state index contributed by atoms with van der Waals surface area (Å²) in [4.78, 5) is 16.1. The van der Waals surface area contributed by atoms with Gasteiger partial charge >= 0.3 is 0 Å². The number of nitrogens with one attached hydrogen (secondary N) is 1. The van der Waals surface area contributed by atoms with Crippen molar-refractivity contribution in [2.24, 2.45) is 11.0 Å². The summed E-state index contributed by atoms with van der Waals surface area (Å²) in [6.45, 7) is 4.00. The fourth-order valence-corrected chi connectivity index (χ4v) is 1.90. The lowest BCUT2D eigenvalue weighted by atomic mass is 10.1. The van der Waals surface area contributed by atoms with E-state index < -0.39 is 0 Å². The normalized spacial score (nSPS) is 11.5. The fraction of sp³-hybridized carbons (Fsp3) is 0.235. The van der Waals surface area contributed by atoms with Crippen LogP contribution >= 0.6 is 0 Å². The second kappa shape index (κ2) is 7.33. The Hall–Kier alpha value is -2.49. The maximum Gasteiger partial charge on any atom is 0.240 e. The van der Waals surface area contributed by atoms with Gasteiger partial charge in [-0.05, 0) is 18.1 Å². The molecule has 1 heterocycles. The van der Waals surface area contributed by atoms with Gasteiger partial charge in [0.25, 0.3) is 0 Å². The van der Waals surface area contributed by atoms with Gasteiger partial charge in [-0.3, -0.25) is 9.78 Å². The van der Waals surface area contributed by atoms with E-state index in [4.69, 9.17) is 0 Å². The number of nitrogens with zero attached hydrogens (tertiary/aromatic N) is 2. The lowest BCUT2D eigenvalue weighted by Crippen LogP contribution is -2.22. The summed E-state index contributed by atoms with van der Waals surface area (Å²) in [5.74, 6) is 0.213. The topological polar surface area (TPSA) is 54.4 Å². The summed E-state index contributed by atoms with van der Waals surface area (Å²) in [7, 11) is 0. The quantitative estimate of drug-likeness (QED) is 0.676. The molecule has 1 amide bonds. The second-order valence-electron chi connectivity index (χ2n) is 5.17. The van der Waals surface area contributed by atoms with Gasteiger partial charge in [0.05, 0.1) is 5.69 Å². The first-order valence-electron chi connectivity index (χ1n) is 7.00. The highest BCUT2D eigenvalue weighted by molar-refractivity contribution is 6.11. The molecule has 0 saturated heterocycles. The maximum atomic E-state index is 11.8. The molecule has 0 atom stereocenters. The zero-order valence-electron chi connectivity index (χ0n) is 12.3. The van der Waals surface area contributed by atoms with E-state index in [-0.39, 0.29) is 5.91 Å². The Labute approximate surface area is 124 Å². The monoisotopic (exact) mass is 281 g/mol. The van der Waals surface area contributed by atoms with E-state index in [0.29, 0.717) is 18.1 Å². The minimum atomic E-state index is -0.0886. The van der Waals surface area contributed by atoms with Crippen molar-refractivity contribution in [2.45, 2.75) is 20.3 Å². The number of carbonyl (C=O) groups excluding carboxylic acids is 1. The van der Waals surface area contributed by atoms with Crippen LogP contribution in [0.3, 0.4) is 0 Å². The Balaban J connectivity index is 2.27. The van der Waals surface area contributed by atoms with Crippen molar-refractivity contribution in [1.82, 2.24) is 10.4 Å². The van der Waals surface area contributed by atoms with Crippen LogP contribution in [0, 0.1) is 5.92 Å². The fourth-order valence-electron chi connectivity index (χ4n) is 1.90. The van der Waals surface area contributed by atoms with Gasteiger partial charge in [0.1, 0.15) is 5.71 Å². The standard InChI is InChI=1S/C17H19N3O/c1-13(2)12-16(21)19-20-17(14-8-4-3-5-9-14)15-10-6-7-11-18-15/h3-11,13H,12H2,1-2H3,(H,19,21)/b20-17+. The average Bonchev–Trinajstić information content (AvgIpc) is 2.49. The van der Waals surface area contributed by atoms with Crippen LogP contribution in [0.5, 0.6) is 0 Å². The summed E-state index contributed by atoms with van der Waals surface area (Å²) in [6.07, 6.45) is 2.16. The molecule has 0 saturated carbocycles. The van der Waals surface area contributed by atoms with Crippen LogP contribution in [0.1, 0.15) is 31.5 Å². The zero-order valence-corrected chi connectivity index (χ0v) is 12.3. The molecule has 0 bridgehead atoms. The first-order valence-corrected chi connectivity index (χ1v) is 7.00. The number of carbonyl (C=O) groups is 1. The van der Waals surface area contributed by atoms with E-state index in [0.717, 1.165) is 11.3 Å². The Morgan fingerprint density at radius 3 is 2.48 bits per heavy atom. The van der Waals surface area contributed by atoms with Crippen LogP contribution in [0.25, 0.3) is 0 Å². The lowest BCUT2D eigenvalue weighted by molar-refractivity contribution is -0.121. The summed E-state index contributed by atoms with van der Waals surface area (Å²) in [5.41, 5.74) is 4.93. The number of aromatic nitrogens is 1. The van der Waals surface area contributed by atoms with Crippen LogP contribution in [-0.2, 0) is 4.79 Å². The van der Waals surface area contributed by atoms with Gasteiger partial charge in [-0.2, -0.15) is 5.10 Å². The van der Waals surface area contributed by atoms with Crippen LogP contribution in [-0.4, -0.2) is 16.6 Å². The molecule has 0 fully saturated rings. The highest BCUT2D eigenvalue weighted by Gasteiger charge is 2.09. The smallest absolute Gasteiger partial charge is 0.240 e. The highest BCUT2D eigenvalue weighted by Crippen LogP contribution is 2.08. The molecule has 108 valence electrons. The maximum absolute atomic E-state index is 11.8. The Bertz CT molecular complexity index is 565. The van der Waals surface area contributed by atoms with Gasteiger partial charge in [0, 0.05) is 18.2 Å². The molecule has 1 aromatic carbocycles. The van der Waals surface area contributed by atoms with Gasteiger partial charge < -0.3 is 0 Å². The molecule has 0 aliphatic rings. The molecule has 1 N–H and O–H groups in total. The number of amides is 1. The Morgan fingerprint density at radius 2 is 1.86 bits per heavy atom. The van der Waals surface area contributed by atoms with E-state index in [2.05, 4.69) is 15.5 Å². The van der Waals surface area contributed by atoms with Crippen molar-refractivity contribution < 1.29 is 4.79 Å². The molecular weight excluding hydrogens is 262 g/mol. The van der Waals surface area contributed by atoms with Gasteiger partial charge in [-0.25, -0.2) is 5.43 Å². The summed E-state index contributed by atoms with van der Waals surface area (Å²) < 4.78 is 0. The van der Waals surface area contributed by atoms with Crippen molar-refractivity contribution >= 4 is 11.6 Å². The SMILES string of the molecule is CC(C)CC(=O)N/N=C(\c1ccccc1)c1ccccn1. The number of hydrazone groups is 1. The molecular formula is C17H19N3O. The average molecular weight is 281 g/mol. The van der Waals surface area contributed by atoms with E-state index in [1.54, 1.807) is 6.20 Å². The molecule has 0 aliphatic heterocycles. The molecule has 0 radical (unpaired) electrons. The van der Waals surface area contributed by atoms with Gasteiger partial charge in [-0.1, -0.05) is 50.2 Å². The van der Waals surface area contributed by atoms with Gasteiger partial charge in [0.2, 0.25) is 5.91 Å². The van der Waals surface area contributed by atoms with Crippen LogP contribution in [0.15, 0.2) is 59.8 Å². The zero-order chi connectivity index (χ0) is 15.1. The molecule has 2 rings (SSSR count). The van der Waals surface area contributed by atoms with Crippen LogP contribution < -0.4 is 5.43 Å². The molecule has 0 unspecified atom stereocenters. The summed E-state index contributed by atoms with van der Waals surface area (Å²) in [6, 6.07) is 15.3. The van der Waals surface area contributed by atoms with Crippen LogP contribution in [0.2, 0.25) is 0 Å². The third-order valence-corrected chi connectivity index (χ3v) is 2.84. The van der Waals surface area contributed by atoms with Crippen molar-refractivity contribution in [2.75, 3.05) is 0 Å². The number of pyridine rings is 1. The van der Waals surface area contributed by atoms with Crippen molar-refractivity contribution in [3.05, 3.63) is 66.0 Å². The molecule has 2 aromatic rings. The van der Waals surface area contributed by atoms with Crippen molar-refractivity contribution in [3.63, 3.8) is 0 Å². The first-order chi connectivity index (χ1) is 10.2. The van der Waals surface area contributed by atoms with Crippen molar-refractivity contribution in [1.29, 1.82) is 0 Å². The predicted octanol–water partition coefficient (Wildman–Crippen LogP) is 3.00. The molecule has 4 heteroatoms. The van der Waals surface area contributed by atoms with E-state index >= 15 is 0 Å². The third kappa shape index (κ3) is 4.53. The largest absolute Gasteiger partial charge is 0.273 e. The number of benzene rings is 1. The highest BCUT2D eigenvalue weighted by atomic mass is 16.2. The van der Waals surface area contributed by atoms with E-state index in [9.17, 15) is 4.79 Å². The number of hydrogen-bond acceptors (Lipinski definition) is 3. The van der Waals surface area contributed by atoms with Crippen LogP contribution in [0.4, 0.5) is 0 Å². The Kier molecular flexibility index (Phi) is 5.21. The van der Waals surface area contributed by atoms with Crippen molar-refractivity contribution in [3.8, 4) is 0 Å². The number of rotatable bonds is 5.